The molecule has 20 heteroatoms. The fourth-order valence-electron chi connectivity index (χ4n) is 3.57. The van der Waals surface area contributed by atoms with E-state index in [1.807, 2.05) is 121 Å². The van der Waals surface area contributed by atoms with E-state index in [0.717, 1.165) is 22.7 Å². The average Bonchev–Trinajstić information content (AvgIpc) is 3.65. The second-order valence-electron chi connectivity index (χ2n) is 8.71. The Balaban J connectivity index is 0.000000421. The summed E-state index contributed by atoms with van der Waals surface area (Å²) < 4.78 is 81.3. The fraction of sp³-hybridized carbons (Fsp3) is 0. The maximum Gasteiger partial charge on any atom is 0.673 e. The number of hydrogen-bond acceptors (Lipinski definition) is 6. The molecule has 0 spiro atoms. The highest BCUT2D eigenvalue weighted by Gasteiger charge is 2.27. The van der Waals surface area contributed by atoms with Gasteiger partial charge < -0.3 is 34.5 Å². The molecular weight excluding hydrogens is 630 g/mol. The Bertz CT molecular complexity index is 1690. The first-order valence-corrected chi connectivity index (χ1v) is 13.0. The van der Waals surface area contributed by atoms with Gasteiger partial charge in [-0.2, -0.15) is 0 Å². The monoisotopic (exact) mass is 650 g/mol. The third kappa shape index (κ3) is 10.4. The van der Waals surface area contributed by atoms with Crippen molar-refractivity contribution >= 4 is 26.4 Å². The molecule has 0 fully saturated rings. The number of para-hydroxylation sites is 4. The smallest absolute Gasteiger partial charge is 0.418 e. The van der Waals surface area contributed by atoms with Crippen molar-refractivity contribution < 1.29 is 43.9 Å². The van der Waals surface area contributed by atoms with Gasteiger partial charge in [-0.25, -0.2) is 0 Å². The Labute approximate surface area is 255 Å². The van der Waals surface area contributed by atoms with E-state index in [-0.39, 0.29) is 0 Å². The number of halogens is 8. The summed E-state index contributed by atoms with van der Waals surface area (Å²) in [5.74, 6) is 0.581. The molecule has 236 valence electrons. The van der Waals surface area contributed by atoms with Gasteiger partial charge in [0, 0.05) is 10.4 Å². The molecule has 6 aromatic rings. The van der Waals surface area contributed by atoms with Gasteiger partial charge in [0.1, 0.15) is 22.7 Å². The highest BCUT2D eigenvalue weighted by molar-refractivity contribution is 6.50. The maximum atomic E-state index is 9.75. The van der Waals surface area contributed by atoms with E-state index in [9.17, 15) is 34.5 Å². The largest absolute Gasteiger partial charge is 0.673 e. The lowest BCUT2D eigenvalue weighted by Gasteiger charge is -1.94. The predicted molar refractivity (Wildman–Crippen MR) is 150 cm³/mol. The van der Waals surface area contributed by atoms with Gasteiger partial charge >= 0.3 is 26.4 Å². The molecule has 0 atom stereocenters. The van der Waals surface area contributed by atoms with E-state index in [2.05, 4.69) is 30.9 Å². The number of tetrazole rings is 2. The lowest BCUT2D eigenvalue weighted by molar-refractivity contribution is -0.651. The number of rotatable bonds is 6. The molecule has 0 aliphatic heterocycles. The van der Waals surface area contributed by atoms with Crippen molar-refractivity contribution in [3.05, 3.63) is 121 Å². The highest BCUT2D eigenvalue weighted by Crippen LogP contribution is 2.14. The van der Waals surface area contributed by atoms with E-state index in [1.165, 1.54) is 9.59 Å². The van der Waals surface area contributed by atoms with Gasteiger partial charge in [-0.05, 0) is 58.1 Å². The van der Waals surface area contributed by atoms with E-state index in [1.54, 1.807) is 9.36 Å². The first kappa shape index (κ1) is 33.1. The standard InChI is InChI=1S/C26H20N10.2BF4/c1-5-13-21(14-6-1)33-25(29-35(31-33)23-17-9-3-10-18-23)27-28-26-30-36(24-19-11-4-12-20-24)32-34(26)22-15-7-2-8-16-22;2*2-1(3,4)5/h1-20H;;/q+2;2*-1/b28-27+;;/i27+1,28+1,29+1,32+1;;. The van der Waals surface area contributed by atoms with E-state index < -0.39 is 14.5 Å². The van der Waals surface area contributed by atoms with Crippen molar-refractivity contribution in [2.45, 2.75) is 0 Å². The molecule has 0 unspecified atom stereocenters. The normalized spacial score (nSPS) is 11.4. The second-order valence-corrected chi connectivity index (χ2v) is 8.71. The number of azo groups is 1. The van der Waals surface area contributed by atoms with Gasteiger partial charge in [0.25, 0.3) is 0 Å². The zero-order valence-electron chi connectivity index (χ0n) is 23.2. The van der Waals surface area contributed by atoms with Gasteiger partial charge in [0.15, 0.2) is 0 Å². The van der Waals surface area contributed by atoms with Crippen LogP contribution in [0.25, 0.3) is 22.7 Å². The minimum Gasteiger partial charge on any atom is -0.418 e. The summed E-state index contributed by atoms with van der Waals surface area (Å²) in [5.41, 5.74) is 3.21. The van der Waals surface area contributed by atoms with Crippen LogP contribution in [-0.4, -0.2) is 44.7 Å². The van der Waals surface area contributed by atoms with Crippen molar-refractivity contribution in [2.75, 3.05) is 0 Å². The van der Waals surface area contributed by atoms with Crippen molar-refractivity contribution in [1.82, 2.24) is 30.2 Å². The first-order chi connectivity index (χ1) is 21.8. The summed E-state index contributed by atoms with van der Waals surface area (Å²) in [7, 11) is -12.0. The van der Waals surface area contributed by atoms with E-state index >= 15 is 0 Å². The Kier molecular flexibility index (Phi) is 10.6. The summed E-state index contributed by atoms with van der Waals surface area (Å²) in [6.07, 6.45) is 0. The van der Waals surface area contributed by atoms with E-state index in [4.69, 9.17) is 0 Å². The lowest BCUT2D eigenvalue weighted by atomic mass is 10.3. The lowest BCUT2D eigenvalue weighted by Crippen LogP contribution is -2.34. The Morgan fingerprint density at radius 3 is 0.978 bits per heavy atom. The number of hydrogen-bond donors (Lipinski definition) is 0. The Morgan fingerprint density at radius 1 is 0.435 bits per heavy atom. The fourth-order valence-corrected chi connectivity index (χ4v) is 3.57. The van der Waals surface area contributed by atoms with Crippen LogP contribution in [0.1, 0.15) is 0 Å². The molecule has 2 heterocycles. The molecule has 0 radical (unpaired) electrons. The maximum absolute atomic E-state index is 9.75. The van der Waals surface area contributed by atoms with Gasteiger partial charge in [-0.15, -0.1) is 0 Å². The Morgan fingerprint density at radius 2 is 0.696 bits per heavy atom. The van der Waals surface area contributed by atoms with Crippen LogP contribution in [0.5, 0.6) is 0 Å². The third-order valence-corrected chi connectivity index (χ3v) is 5.30. The summed E-state index contributed by atoms with van der Waals surface area (Å²) in [6, 6.07) is 38.6. The molecule has 0 saturated carbocycles. The van der Waals surface area contributed by atoms with Gasteiger partial charge in [0.05, 0.1) is 20.4 Å². The average molecular weight is 650 g/mol. The predicted octanol–water partition coefficient (Wildman–Crippen LogP) is 6.42. The molecule has 46 heavy (non-hydrogen) atoms. The minimum absolute atomic E-state index is 0.291. The molecule has 6 rings (SSSR count). The SMILES string of the molecule is F[B-](F)(F)F.F[B-](F)(F)F.c1ccc(-n2n[n+](-c3ccccc3)c(/[15N]=[15N]/c3nn(-c4ccccc4)[15n][n+]3-c3ccccc3)[15n]2)cc1. The van der Waals surface area contributed by atoms with Gasteiger partial charge in [0.2, 0.25) is 0 Å². The van der Waals surface area contributed by atoms with Crippen LogP contribution in [0.15, 0.2) is 132 Å². The van der Waals surface area contributed by atoms with Crippen molar-refractivity contribution in [1.29, 1.82) is 0 Å². The van der Waals surface area contributed by atoms with Crippen LogP contribution in [0, 0.1) is 0 Å². The van der Waals surface area contributed by atoms with Gasteiger partial charge in [-0.1, -0.05) is 82.2 Å². The second kappa shape index (κ2) is 14.8. The molecule has 4 aromatic carbocycles. The van der Waals surface area contributed by atoms with Crippen LogP contribution < -0.4 is 9.36 Å². The minimum atomic E-state index is -6.00. The summed E-state index contributed by atoms with van der Waals surface area (Å²) in [6.45, 7) is 0. The third-order valence-electron chi connectivity index (χ3n) is 5.30. The molecule has 0 bridgehead atoms. The molecule has 10 nitrogen and oxygen atoms in total. The molecule has 2 aromatic heterocycles. The van der Waals surface area contributed by atoms with Gasteiger partial charge in [-0.3, -0.25) is 0 Å². The Hall–Kier alpha value is -5.81. The highest BCUT2D eigenvalue weighted by atomic mass is 19.5. The zero-order chi connectivity index (χ0) is 33.2. The summed E-state index contributed by atoms with van der Waals surface area (Å²) in [4.78, 5) is 3.04. The van der Waals surface area contributed by atoms with Crippen LogP contribution in [0.3, 0.4) is 0 Å². The van der Waals surface area contributed by atoms with Crippen molar-refractivity contribution in [3.63, 3.8) is 0 Å². The zero-order valence-corrected chi connectivity index (χ0v) is 23.2. The van der Waals surface area contributed by atoms with Crippen molar-refractivity contribution in [3.8, 4) is 22.7 Å². The number of benzene rings is 4. The summed E-state index contributed by atoms with van der Waals surface area (Å²) >= 11 is 0. The van der Waals surface area contributed by atoms with Crippen LogP contribution in [-0.2, 0) is 0 Å². The van der Waals surface area contributed by atoms with E-state index in [0.29, 0.717) is 11.9 Å². The first-order valence-electron chi connectivity index (χ1n) is 13.0. The molecular formula is C26H20B2F8N10. The topological polar surface area (TPSA) is 93.9 Å². The molecule has 0 aliphatic carbocycles. The summed E-state index contributed by atoms with van der Waals surface area (Å²) in [5, 5.41) is 27.3. The number of nitrogens with zero attached hydrogens (tertiary/aromatic N) is 10. The van der Waals surface area contributed by atoms with Crippen molar-refractivity contribution in [2.24, 2.45) is 10.2 Å². The molecule has 0 amide bonds. The molecule has 0 aliphatic rings. The van der Waals surface area contributed by atoms with Crippen LogP contribution in [0.4, 0.5) is 46.4 Å². The molecule has 0 N–H and O–H groups in total. The van der Waals surface area contributed by atoms with Crippen LogP contribution >= 0.6 is 0 Å². The van der Waals surface area contributed by atoms with Crippen LogP contribution in [0.2, 0.25) is 0 Å². The quantitative estimate of drug-likeness (QED) is 0.0685. The number of aromatic nitrogens is 8. The molecule has 0 saturated heterocycles.